The first-order chi connectivity index (χ1) is 8.66. The summed E-state index contributed by atoms with van der Waals surface area (Å²) in [7, 11) is 0. The van der Waals surface area contributed by atoms with Gasteiger partial charge >= 0.3 is 0 Å². The summed E-state index contributed by atoms with van der Waals surface area (Å²) >= 11 is 12.0. The van der Waals surface area contributed by atoms with Crippen molar-refractivity contribution in [3.05, 3.63) is 58.0 Å². The number of rotatable bonds is 5. The molecule has 18 heavy (non-hydrogen) atoms. The molecule has 1 aromatic heterocycles. The summed E-state index contributed by atoms with van der Waals surface area (Å²) in [5.41, 5.74) is 2.25. The third-order valence-electron chi connectivity index (χ3n) is 2.90. The van der Waals surface area contributed by atoms with Crippen LogP contribution < -0.4 is 5.32 Å². The summed E-state index contributed by atoms with van der Waals surface area (Å²) in [4.78, 5) is 0. The first kappa shape index (κ1) is 13.5. The van der Waals surface area contributed by atoms with Crippen molar-refractivity contribution in [2.24, 2.45) is 0 Å². The minimum Gasteiger partial charge on any atom is -0.472 e. The molecule has 96 valence electrons. The highest BCUT2D eigenvalue weighted by atomic mass is 35.5. The molecule has 0 aliphatic heterocycles. The number of halogens is 2. The Balaban J connectivity index is 1.85. The summed E-state index contributed by atoms with van der Waals surface area (Å²) < 4.78 is 5.06. The van der Waals surface area contributed by atoms with Crippen molar-refractivity contribution in [2.45, 2.75) is 19.4 Å². The molecule has 0 aliphatic carbocycles. The average Bonchev–Trinajstić information content (AvgIpc) is 2.85. The van der Waals surface area contributed by atoms with Gasteiger partial charge in [0.2, 0.25) is 0 Å². The molecule has 1 atom stereocenters. The van der Waals surface area contributed by atoms with Crippen LogP contribution in [0.1, 0.15) is 24.1 Å². The second-order valence-electron chi connectivity index (χ2n) is 4.22. The third-order valence-corrected chi connectivity index (χ3v) is 3.49. The predicted molar refractivity (Wildman–Crippen MR) is 75.3 cm³/mol. The van der Waals surface area contributed by atoms with Crippen molar-refractivity contribution in [1.82, 2.24) is 5.32 Å². The first-order valence-electron chi connectivity index (χ1n) is 5.86. The number of nitrogens with one attached hydrogen (secondary N) is 1. The molecule has 0 amide bonds. The van der Waals surface area contributed by atoms with Crippen LogP contribution in [0.25, 0.3) is 0 Å². The fourth-order valence-corrected chi connectivity index (χ4v) is 2.29. The molecule has 0 saturated heterocycles. The average molecular weight is 284 g/mol. The monoisotopic (exact) mass is 283 g/mol. The second kappa shape index (κ2) is 6.28. The molecule has 2 nitrogen and oxygen atoms in total. The molecule has 0 spiro atoms. The minimum absolute atomic E-state index is 0.273. The molecule has 4 heteroatoms. The smallest absolute Gasteiger partial charge is 0.0950 e. The molecule has 1 aromatic carbocycles. The standard InChI is InChI=1S/C14H15Cl2NO/c1-10(12-5-7-18-9-12)17-6-4-11-2-3-13(15)8-14(11)16/h2-3,5,7-10,17H,4,6H2,1H3. The predicted octanol–water partition coefficient (Wildman–Crippen LogP) is 4.48. The largest absolute Gasteiger partial charge is 0.472 e. The van der Waals surface area contributed by atoms with Crippen LogP contribution in [0.2, 0.25) is 10.0 Å². The van der Waals surface area contributed by atoms with Gasteiger partial charge in [-0.3, -0.25) is 0 Å². The van der Waals surface area contributed by atoms with E-state index in [1.165, 1.54) is 0 Å². The summed E-state index contributed by atoms with van der Waals surface area (Å²) in [5, 5.41) is 4.82. The zero-order chi connectivity index (χ0) is 13.0. The quantitative estimate of drug-likeness (QED) is 0.875. The number of furan rings is 1. The Bertz CT molecular complexity index is 497. The molecule has 0 bridgehead atoms. The Morgan fingerprint density at radius 2 is 2.11 bits per heavy atom. The maximum atomic E-state index is 6.12. The van der Waals surface area contributed by atoms with Crippen molar-refractivity contribution in [2.75, 3.05) is 6.54 Å². The summed E-state index contributed by atoms with van der Waals surface area (Å²) in [5.74, 6) is 0. The molecule has 1 heterocycles. The Morgan fingerprint density at radius 1 is 1.28 bits per heavy atom. The van der Waals surface area contributed by atoms with Gasteiger partial charge in [0.25, 0.3) is 0 Å². The first-order valence-corrected chi connectivity index (χ1v) is 6.62. The Kier molecular flexibility index (Phi) is 4.70. The van der Waals surface area contributed by atoms with Gasteiger partial charge in [-0.05, 0) is 43.7 Å². The molecular formula is C14H15Cl2NO. The van der Waals surface area contributed by atoms with Gasteiger partial charge in [0, 0.05) is 21.7 Å². The van der Waals surface area contributed by atoms with Crippen LogP contribution in [0.3, 0.4) is 0 Å². The lowest BCUT2D eigenvalue weighted by atomic mass is 10.1. The highest BCUT2D eigenvalue weighted by molar-refractivity contribution is 6.35. The van der Waals surface area contributed by atoms with Crippen molar-refractivity contribution in [1.29, 1.82) is 0 Å². The van der Waals surface area contributed by atoms with Crippen LogP contribution in [0, 0.1) is 0 Å². The Hall–Kier alpha value is -0.960. The van der Waals surface area contributed by atoms with E-state index >= 15 is 0 Å². The van der Waals surface area contributed by atoms with Crippen LogP contribution in [-0.2, 0) is 6.42 Å². The lowest BCUT2D eigenvalue weighted by Gasteiger charge is -2.12. The van der Waals surface area contributed by atoms with Crippen molar-refractivity contribution in [3.63, 3.8) is 0 Å². The fourth-order valence-electron chi connectivity index (χ4n) is 1.79. The van der Waals surface area contributed by atoms with E-state index in [1.807, 2.05) is 18.2 Å². The van der Waals surface area contributed by atoms with E-state index in [-0.39, 0.29) is 6.04 Å². The Morgan fingerprint density at radius 3 is 2.78 bits per heavy atom. The zero-order valence-electron chi connectivity index (χ0n) is 10.1. The summed E-state index contributed by atoms with van der Waals surface area (Å²) in [6.07, 6.45) is 4.31. The van der Waals surface area contributed by atoms with Gasteiger partial charge in [0.1, 0.15) is 0 Å². The molecular weight excluding hydrogens is 269 g/mol. The summed E-state index contributed by atoms with van der Waals surface area (Å²) in [6, 6.07) is 7.84. The molecule has 0 aliphatic rings. The topological polar surface area (TPSA) is 25.2 Å². The van der Waals surface area contributed by atoms with Gasteiger partial charge in [-0.1, -0.05) is 29.3 Å². The van der Waals surface area contributed by atoms with Crippen molar-refractivity contribution < 1.29 is 4.42 Å². The molecule has 0 fully saturated rings. The highest BCUT2D eigenvalue weighted by Crippen LogP contribution is 2.21. The molecule has 2 aromatic rings. The maximum absolute atomic E-state index is 6.12. The van der Waals surface area contributed by atoms with Crippen LogP contribution >= 0.6 is 23.2 Å². The third kappa shape index (κ3) is 3.52. The van der Waals surface area contributed by atoms with E-state index in [4.69, 9.17) is 27.6 Å². The van der Waals surface area contributed by atoms with Crippen LogP contribution in [0.15, 0.2) is 41.2 Å². The minimum atomic E-state index is 0.273. The Labute approximate surface area is 117 Å². The van der Waals surface area contributed by atoms with Gasteiger partial charge in [-0.15, -0.1) is 0 Å². The fraction of sp³-hybridized carbons (Fsp3) is 0.286. The zero-order valence-corrected chi connectivity index (χ0v) is 11.6. The summed E-state index contributed by atoms with van der Waals surface area (Å²) in [6.45, 7) is 2.96. The van der Waals surface area contributed by atoms with Gasteiger partial charge in [0.15, 0.2) is 0 Å². The van der Waals surface area contributed by atoms with E-state index in [2.05, 4.69) is 12.2 Å². The van der Waals surface area contributed by atoms with Gasteiger partial charge in [-0.25, -0.2) is 0 Å². The molecule has 1 unspecified atom stereocenters. The number of hydrogen-bond acceptors (Lipinski definition) is 2. The number of hydrogen-bond donors (Lipinski definition) is 1. The van der Waals surface area contributed by atoms with E-state index in [0.29, 0.717) is 5.02 Å². The normalized spacial score (nSPS) is 12.6. The lowest BCUT2D eigenvalue weighted by molar-refractivity contribution is 0.540. The van der Waals surface area contributed by atoms with Crippen molar-refractivity contribution in [3.8, 4) is 0 Å². The van der Waals surface area contributed by atoms with E-state index in [9.17, 15) is 0 Å². The van der Waals surface area contributed by atoms with Crippen LogP contribution in [-0.4, -0.2) is 6.54 Å². The number of benzene rings is 1. The van der Waals surface area contributed by atoms with E-state index in [0.717, 1.165) is 29.1 Å². The molecule has 0 saturated carbocycles. The van der Waals surface area contributed by atoms with E-state index in [1.54, 1.807) is 18.6 Å². The van der Waals surface area contributed by atoms with E-state index < -0.39 is 0 Å². The van der Waals surface area contributed by atoms with Gasteiger partial charge in [-0.2, -0.15) is 0 Å². The molecule has 0 radical (unpaired) electrons. The van der Waals surface area contributed by atoms with Gasteiger partial charge in [0.05, 0.1) is 12.5 Å². The molecule has 1 N–H and O–H groups in total. The van der Waals surface area contributed by atoms with Crippen LogP contribution in [0.4, 0.5) is 0 Å². The lowest BCUT2D eigenvalue weighted by Crippen LogP contribution is -2.21. The van der Waals surface area contributed by atoms with Crippen LogP contribution in [0.5, 0.6) is 0 Å². The SMILES string of the molecule is CC(NCCc1ccc(Cl)cc1Cl)c1ccoc1. The van der Waals surface area contributed by atoms with Gasteiger partial charge < -0.3 is 9.73 Å². The highest BCUT2D eigenvalue weighted by Gasteiger charge is 2.06. The second-order valence-corrected chi connectivity index (χ2v) is 5.06. The molecule has 2 rings (SSSR count). The van der Waals surface area contributed by atoms with Crippen molar-refractivity contribution >= 4 is 23.2 Å². The maximum Gasteiger partial charge on any atom is 0.0950 e.